The Bertz CT molecular complexity index is 973. The fourth-order valence-electron chi connectivity index (χ4n) is 3.37. The number of aromatic nitrogens is 2. The molecule has 1 saturated carbocycles. The summed E-state index contributed by atoms with van der Waals surface area (Å²) in [4.78, 5) is 0.264. The molecular formula is C18H19N3O2S. The summed E-state index contributed by atoms with van der Waals surface area (Å²) in [6.07, 6.45) is 6.08. The van der Waals surface area contributed by atoms with Crippen LogP contribution in [0.3, 0.4) is 0 Å². The Morgan fingerprint density at radius 2 is 1.75 bits per heavy atom. The highest BCUT2D eigenvalue weighted by atomic mass is 32.2. The summed E-state index contributed by atoms with van der Waals surface area (Å²) in [6, 6.07) is 14.9. The van der Waals surface area contributed by atoms with Gasteiger partial charge in [0.1, 0.15) is 5.82 Å². The standard InChI is InChI=1S/C18H19N3O2S/c22-24(23,17-10-9-14-5-1-2-6-15(14)13-17)20-18-11-12-19-21(18)16-7-3-4-8-16/h1-2,5-6,9-13,16,20H,3-4,7-8H2. The number of sulfonamides is 1. The number of hydrogen-bond acceptors (Lipinski definition) is 3. The Balaban J connectivity index is 1.66. The number of rotatable bonds is 4. The van der Waals surface area contributed by atoms with Crippen LogP contribution in [0.2, 0.25) is 0 Å². The van der Waals surface area contributed by atoms with Gasteiger partial charge in [-0.05, 0) is 35.7 Å². The molecule has 1 N–H and O–H groups in total. The van der Waals surface area contributed by atoms with Gasteiger partial charge in [-0.15, -0.1) is 0 Å². The van der Waals surface area contributed by atoms with Crippen molar-refractivity contribution in [2.45, 2.75) is 36.6 Å². The molecule has 4 rings (SSSR count). The minimum absolute atomic E-state index is 0.264. The molecule has 0 amide bonds. The molecule has 2 aromatic carbocycles. The monoisotopic (exact) mass is 341 g/mol. The maximum absolute atomic E-state index is 12.8. The van der Waals surface area contributed by atoms with Crippen LogP contribution in [0, 0.1) is 0 Å². The zero-order valence-corrected chi connectivity index (χ0v) is 14.0. The van der Waals surface area contributed by atoms with E-state index in [0.29, 0.717) is 5.82 Å². The molecule has 0 aliphatic heterocycles. The first-order valence-electron chi connectivity index (χ1n) is 8.19. The molecule has 1 aromatic heterocycles. The Hall–Kier alpha value is -2.34. The maximum Gasteiger partial charge on any atom is 0.263 e. The number of anilines is 1. The van der Waals surface area contributed by atoms with Gasteiger partial charge in [0, 0.05) is 6.07 Å². The van der Waals surface area contributed by atoms with Crippen molar-refractivity contribution < 1.29 is 8.42 Å². The molecule has 0 saturated heterocycles. The van der Waals surface area contributed by atoms with E-state index < -0.39 is 10.0 Å². The van der Waals surface area contributed by atoms with Gasteiger partial charge in [0.25, 0.3) is 10.0 Å². The van der Waals surface area contributed by atoms with Crippen molar-refractivity contribution in [3.8, 4) is 0 Å². The normalized spacial score (nSPS) is 15.8. The van der Waals surface area contributed by atoms with E-state index in [1.807, 2.05) is 35.0 Å². The van der Waals surface area contributed by atoms with Gasteiger partial charge >= 0.3 is 0 Å². The quantitative estimate of drug-likeness (QED) is 0.781. The molecule has 1 aliphatic carbocycles. The minimum atomic E-state index is -3.64. The Morgan fingerprint density at radius 1 is 1.00 bits per heavy atom. The third-order valence-corrected chi connectivity index (χ3v) is 5.96. The Labute approximate surface area is 141 Å². The van der Waals surface area contributed by atoms with Crippen LogP contribution in [0.15, 0.2) is 59.6 Å². The zero-order valence-electron chi connectivity index (χ0n) is 13.2. The summed E-state index contributed by atoms with van der Waals surface area (Å²) in [5, 5.41) is 6.24. The number of nitrogens with one attached hydrogen (secondary N) is 1. The van der Waals surface area contributed by atoms with Crippen molar-refractivity contribution >= 4 is 26.6 Å². The van der Waals surface area contributed by atoms with Gasteiger partial charge in [-0.25, -0.2) is 13.1 Å². The lowest BCUT2D eigenvalue weighted by molar-refractivity contribution is 0.473. The lowest BCUT2D eigenvalue weighted by Crippen LogP contribution is -2.18. The second-order valence-corrected chi connectivity index (χ2v) is 7.90. The van der Waals surface area contributed by atoms with Crippen LogP contribution in [-0.4, -0.2) is 18.2 Å². The SMILES string of the molecule is O=S(=O)(Nc1ccnn1C1CCCC1)c1ccc2ccccc2c1. The third kappa shape index (κ3) is 2.78. The topological polar surface area (TPSA) is 64.0 Å². The summed E-state index contributed by atoms with van der Waals surface area (Å²) >= 11 is 0. The zero-order chi connectivity index (χ0) is 16.6. The molecule has 1 aliphatic rings. The molecule has 0 radical (unpaired) electrons. The second-order valence-electron chi connectivity index (χ2n) is 6.21. The highest BCUT2D eigenvalue weighted by Gasteiger charge is 2.22. The highest BCUT2D eigenvalue weighted by molar-refractivity contribution is 7.92. The Kier molecular flexibility index (Phi) is 3.76. The van der Waals surface area contributed by atoms with Gasteiger partial charge in [-0.3, -0.25) is 4.72 Å². The van der Waals surface area contributed by atoms with Gasteiger partial charge < -0.3 is 0 Å². The maximum atomic E-state index is 12.8. The van der Waals surface area contributed by atoms with Crippen molar-refractivity contribution in [3.05, 3.63) is 54.7 Å². The van der Waals surface area contributed by atoms with Crippen molar-refractivity contribution in [2.75, 3.05) is 4.72 Å². The van der Waals surface area contributed by atoms with Gasteiger partial charge in [-0.2, -0.15) is 5.10 Å². The van der Waals surface area contributed by atoms with Crippen LogP contribution in [0.1, 0.15) is 31.7 Å². The predicted octanol–water partition coefficient (Wildman–Crippen LogP) is 3.95. The van der Waals surface area contributed by atoms with Crippen molar-refractivity contribution in [3.63, 3.8) is 0 Å². The van der Waals surface area contributed by atoms with Crippen LogP contribution in [0.5, 0.6) is 0 Å². The first kappa shape index (κ1) is 15.2. The highest BCUT2D eigenvalue weighted by Crippen LogP contribution is 2.32. The van der Waals surface area contributed by atoms with E-state index in [1.165, 1.54) is 12.8 Å². The summed E-state index contributed by atoms with van der Waals surface area (Å²) in [6.45, 7) is 0. The van der Waals surface area contributed by atoms with Crippen molar-refractivity contribution in [1.82, 2.24) is 9.78 Å². The molecule has 124 valence electrons. The largest absolute Gasteiger partial charge is 0.264 e. The van der Waals surface area contributed by atoms with E-state index in [9.17, 15) is 8.42 Å². The van der Waals surface area contributed by atoms with Crippen LogP contribution < -0.4 is 4.72 Å². The summed E-state index contributed by atoms with van der Waals surface area (Å²) < 4.78 is 30.0. The van der Waals surface area contributed by atoms with Gasteiger partial charge in [0.05, 0.1) is 17.1 Å². The van der Waals surface area contributed by atoms with E-state index in [-0.39, 0.29) is 10.9 Å². The lowest BCUT2D eigenvalue weighted by Gasteiger charge is -2.15. The molecule has 0 atom stereocenters. The van der Waals surface area contributed by atoms with Crippen molar-refractivity contribution in [2.24, 2.45) is 0 Å². The molecule has 0 spiro atoms. The molecule has 0 unspecified atom stereocenters. The number of nitrogens with zero attached hydrogens (tertiary/aromatic N) is 2. The molecule has 1 heterocycles. The number of fused-ring (bicyclic) bond motifs is 1. The molecular weight excluding hydrogens is 322 g/mol. The predicted molar refractivity (Wildman–Crippen MR) is 94.5 cm³/mol. The average molecular weight is 341 g/mol. The fraction of sp³-hybridized carbons (Fsp3) is 0.278. The van der Waals surface area contributed by atoms with Gasteiger partial charge in [0.15, 0.2) is 0 Å². The van der Waals surface area contributed by atoms with Crippen LogP contribution in [0.4, 0.5) is 5.82 Å². The van der Waals surface area contributed by atoms with E-state index >= 15 is 0 Å². The summed E-state index contributed by atoms with van der Waals surface area (Å²) in [7, 11) is -3.64. The minimum Gasteiger partial charge on any atom is -0.264 e. The van der Waals surface area contributed by atoms with Gasteiger partial charge in [0.2, 0.25) is 0 Å². The number of benzene rings is 2. The fourth-order valence-corrected chi connectivity index (χ4v) is 4.45. The Morgan fingerprint density at radius 3 is 2.54 bits per heavy atom. The molecule has 1 fully saturated rings. The van der Waals surface area contributed by atoms with Crippen LogP contribution in [-0.2, 0) is 10.0 Å². The first-order chi connectivity index (χ1) is 11.6. The van der Waals surface area contributed by atoms with Crippen LogP contribution >= 0.6 is 0 Å². The summed E-state index contributed by atoms with van der Waals surface area (Å²) in [5.74, 6) is 0.537. The van der Waals surface area contributed by atoms with Crippen molar-refractivity contribution in [1.29, 1.82) is 0 Å². The molecule has 3 aromatic rings. The average Bonchev–Trinajstić information content (AvgIpc) is 3.25. The molecule has 5 nitrogen and oxygen atoms in total. The smallest absolute Gasteiger partial charge is 0.263 e. The van der Waals surface area contributed by atoms with Crippen LogP contribution in [0.25, 0.3) is 10.8 Å². The summed E-state index contributed by atoms with van der Waals surface area (Å²) in [5.41, 5.74) is 0. The van der Waals surface area contributed by atoms with E-state index in [1.54, 1.807) is 24.4 Å². The number of hydrogen-bond donors (Lipinski definition) is 1. The molecule has 6 heteroatoms. The molecule has 24 heavy (non-hydrogen) atoms. The third-order valence-electron chi connectivity index (χ3n) is 4.61. The van der Waals surface area contributed by atoms with E-state index in [4.69, 9.17) is 0 Å². The second kappa shape index (κ2) is 5.94. The first-order valence-corrected chi connectivity index (χ1v) is 9.67. The van der Waals surface area contributed by atoms with Gasteiger partial charge in [-0.1, -0.05) is 43.2 Å². The van der Waals surface area contributed by atoms with E-state index in [0.717, 1.165) is 23.6 Å². The molecule has 0 bridgehead atoms. The van der Waals surface area contributed by atoms with E-state index in [2.05, 4.69) is 9.82 Å². The lowest BCUT2D eigenvalue weighted by atomic mass is 10.1.